The highest BCUT2D eigenvalue weighted by Crippen LogP contribution is 2.23. The molecule has 0 unspecified atom stereocenters. The molecule has 1 rings (SSSR count). The lowest BCUT2D eigenvalue weighted by Crippen LogP contribution is -2.04. The number of nitrogens with two attached hydrogens (primary N) is 1. The minimum atomic E-state index is -0.671. The van der Waals surface area contributed by atoms with E-state index >= 15 is 0 Å². The summed E-state index contributed by atoms with van der Waals surface area (Å²) in [5, 5.41) is 0. The monoisotopic (exact) mass is 299 g/mol. The van der Waals surface area contributed by atoms with Crippen molar-refractivity contribution in [2.75, 3.05) is 6.61 Å². The molecule has 21 heavy (non-hydrogen) atoms. The van der Waals surface area contributed by atoms with E-state index in [2.05, 4.69) is 6.92 Å². The van der Waals surface area contributed by atoms with Crippen molar-refractivity contribution in [2.24, 2.45) is 5.73 Å². The van der Waals surface area contributed by atoms with Gasteiger partial charge in [0.2, 0.25) is 0 Å². The Hall–Kier alpha value is -1.16. The Morgan fingerprint density at radius 2 is 1.43 bits per heavy atom. The predicted octanol–water partition coefficient (Wildman–Crippen LogP) is 4.94. The maximum atomic E-state index is 13.6. The van der Waals surface area contributed by atoms with Crippen molar-refractivity contribution in [3.63, 3.8) is 0 Å². The Morgan fingerprint density at radius 1 is 0.905 bits per heavy atom. The number of benzene rings is 1. The highest BCUT2D eigenvalue weighted by atomic mass is 19.1. The highest BCUT2D eigenvalue weighted by molar-refractivity contribution is 5.31. The molecule has 1 aromatic rings. The molecule has 0 heterocycles. The van der Waals surface area contributed by atoms with E-state index in [-0.39, 0.29) is 12.3 Å². The van der Waals surface area contributed by atoms with E-state index in [1.54, 1.807) is 0 Å². The van der Waals surface area contributed by atoms with Gasteiger partial charge in [0, 0.05) is 6.54 Å². The Kier molecular flexibility index (Phi) is 8.99. The first-order chi connectivity index (χ1) is 10.2. The molecule has 4 heteroatoms. The SMILES string of the molecule is CCCCCCCCCCOc1c(F)cc(CN)cc1F. The van der Waals surface area contributed by atoms with Gasteiger partial charge in [0.15, 0.2) is 17.4 Å². The summed E-state index contributed by atoms with van der Waals surface area (Å²) in [7, 11) is 0. The average Bonchev–Trinajstić information content (AvgIpc) is 2.47. The van der Waals surface area contributed by atoms with E-state index < -0.39 is 11.6 Å². The molecule has 0 amide bonds. The third-order valence-electron chi connectivity index (χ3n) is 3.54. The van der Waals surface area contributed by atoms with Gasteiger partial charge in [-0.1, -0.05) is 51.9 Å². The fourth-order valence-electron chi connectivity index (χ4n) is 2.28. The van der Waals surface area contributed by atoms with Crippen LogP contribution < -0.4 is 10.5 Å². The molecule has 0 fully saturated rings. The second-order valence-electron chi connectivity index (χ2n) is 5.42. The van der Waals surface area contributed by atoms with Crippen LogP contribution in [0.1, 0.15) is 63.9 Å². The van der Waals surface area contributed by atoms with Crippen molar-refractivity contribution in [1.82, 2.24) is 0 Å². The fourth-order valence-corrected chi connectivity index (χ4v) is 2.28. The van der Waals surface area contributed by atoms with Gasteiger partial charge in [-0.05, 0) is 24.1 Å². The quantitative estimate of drug-likeness (QED) is 0.587. The fraction of sp³-hybridized carbons (Fsp3) is 0.647. The molecule has 0 atom stereocenters. The van der Waals surface area contributed by atoms with Gasteiger partial charge in [0.05, 0.1) is 6.61 Å². The van der Waals surface area contributed by atoms with Gasteiger partial charge >= 0.3 is 0 Å². The molecule has 1 aromatic carbocycles. The molecule has 0 aliphatic heterocycles. The summed E-state index contributed by atoms with van der Waals surface area (Å²) in [5.41, 5.74) is 5.80. The van der Waals surface area contributed by atoms with Crippen LogP contribution in [0, 0.1) is 11.6 Å². The predicted molar refractivity (Wildman–Crippen MR) is 82.4 cm³/mol. The van der Waals surface area contributed by atoms with Crippen molar-refractivity contribution in [2.45, 2.75) is 64.8 Å². The van der Waals surface area contributed by atoms with Crippen molar-refractivity contribution in [3.8, 4) is 5.75 Å². The number of ether oxygens (including phenoxy) is 1. The summed E-state index contributed by atoms with van der Waals surface area (Å²) >= 11 is 0. The smallest absolute Gasteiger partial charge is 0.190 e. The molecule has 2 N–H and O–H groups in total. The maximum Gasteiger partial charge on any atom is 0.190 e. The largest absolute Gasteiger partial charge is 0.488 e. The van der Waals surface area contributed by atoms with Crippen LogP contribution in [-0.2, 0) is 6.54 Å². The molecule has 0 aromatic heterocycles. The van der Waals surface area contributed by atoms with E-state index in [1.807, 2.05) is 0 Å². The number of hydrogen-bond donors (Lipinski definition) is 1. The van der Waals surface area contributed by atoms with Crippen LogP contribution in [0.15, 0.2) is 12.1 Å². The first-order valence-electron chi connectivity index (χ1n) is 7.99. The van der Waals surface area contributed by atoms with Gasteiger partial charge in [0.25, 0.3) is 0 Å². The lowest BCUT2D eigenvalue weighted by Gasteiger charge is -2.09. The number of hydrogen-bond acceptors (Lipinski definition) is 2. The van der Waals surface area contributed by atoms with Gasteiger partial charge < -0.3 is 10.5 Å². The zero-order valence-electron chi connectivity index (χ0n) is 13.0. The number of unbranched alkanes of at least 4 members (excludes halogenated alkanes) is 7. The summed E-state index contributed by atoms with van der Waals surface area (Å²) in [6.45, 7) is 2.67. The van der Waals surface area contributed by atoms with Crippen LogP contribution >= 0.6 is 0 Å². The molecule has 0 aliphatic carbocycles. The first-order valence-corrected chi connectivity index (χ1v) is 7.99. The van der Waals surface area contributed by atoms with Crippen molar-refractivity contribution < 1.29 is 13.5 Å². The molecule has 0 spiro atoms. The summed E-state index contributed by atoms with van der Waals surface area (Å²) in [6.07, 6.45) is 9.39. The standard InChI is InChI=1S/C17H27F2NO/c1-2-3-4-5-6-7-8-9-10-21-17-15(18)11-14(13-20)12-16(17)19/h11-12H,2-10,13,20H2,1H3. The summed E-state index contributed by atoms with van der Waals surface area (Å²) in [6, 6.07) is 2.46. The third kappa shape index (κ3) is 6.89. The second kappa shape index (κ2) is 10.6. The van der Waals surface area contributed by atoms with Crippen LogP contribution in [0.4, 0.5) is 8.78 Å². The molecule has 0 aliphatic rings. The van der Waals surface area contributed by atoms with E-state index in [9.17, 15) is 8.78 Å². The van der Waals surface area contributed by atoms with Crippen LogP contribution in [0.3, 0.4) is 0 Å². The third-order valence-corrected chi connectivity index (χ3v) is 3.54. The van der Waals surface area contributed by atoms with Crippen molar-refractivity contribution >= 4 is 0 Å². The normalized spacial score (nSPS) is 10.9. The van der Waals surface area contributed by atoms with Gasteiger partial charge in [0.1, 0.15) is 0 Å². The van der Waals surface area contributed by atoms with E-state index in [0.29, 0.717) is 12.2 Å². The topological polar surface area (TPSA) is 35.2 Å². The Bertz CT molecular complexity index is 387. The van der Waals surface area contributed by atoms with Crippen LogP contribution in [-0.4, -0.2) is 6.61 Å². The molecule has 0 saturated heterocycles. The summed E-state index contributed by atoms with van der Waals surface area (Å²) in [5.74, 6) is -1.62. The molecule has 0 saturated carbocycles. The molecular formula is C17H27F2NO. The van der Waals surface area contributed by atoms with Gasteiger partial charge in [-0.15, -0.1) is 0 Å². The highest BCUT2D eigenvalue weighted by Gasteiger charge is 2.11. The van der Waals surface area contributed by atoms with Crippen molar-refractivity contribution in [3.05, 3.63) is 29.3 Å². The Labute approximate surface area is 126 Å². The Morgan fingerprint density at radius 3 is 1.95 bits per heavy atom. The van der Waals surface area contributed by atoms with Crippen molar-refractivity contribution in [1.29, 1.82) is 0 Å². The lowest BCUT2D eigenvalue weighted by molar-refractivity contribution is 0.274. The molecule has 120 valence electrons. The summed E-state index contributed by atoms with van der Waals surface area (Å²) in [4.78, 5) is 0. The first kappa shape index (κ1) is 17.9. The van der Waals surface area contributed by atoms with Crippen LogP contribution in [0.5, 0.6) is 5.75 Å². The zero-order valence-corrected chi connectivity index (χ0v) is 13.0. The lowest BCUT2D eigenvalue weighted by atomic mass is 10.1. The average molecular weight is 299 g/mol. The molecule has 0 bridgehead atoms. The van der Waals surface area contributed by atoms with Gasteiger partial charge in [-0.25, -0.2) is 8.78 Å². The van der Waals surface area contributed by atoms with E-state index in [4.69, 9.17) is 10.5 Å². The number of rotatable bonds is 11. The number of halogens is 2. The molecule has 2 nitrogen and oxygen atoms in total. The summed E-state index contributed by atoms with van der Waals surface area (Å²) < 4.78 is 32.5. The minimum absolute atomic E-state index is 0.117. The second-order valence-corrected chi connectivity index (χ2v) is 5.42. The molecular weight excluding hydrogens is 272 g/mol. The minimum Gasteiger partial charge on any atom is -0.488 e. The molecule has 0 radical (unpaired) electrons. The maximum absolute atomic E-state index is 13.6. The van der Waals surface area contributed by atoms with Gasteiger partial charge in [-0.2, -0.15) is 0 Å². The van der Waals surface area contributed by atoms with E-state index in [0.717, 1.165) is 19.3 Å². The van der Waals surface area contributed by atoms with E-state index in [1.165, 1.54) is 44.2 Å². The van der Waals surface area contributed by atoms with Crippen LogP contribution in [0.25, 0.3) is 0 Å². The Balaban J connectivity index is 2.18. The van der Waals surface area contributed by atoms with Crippen LogP contribution in [0.2, 0.25) is 0 Å². The zero-order chi connectivity index (χ0) is 15.5. The van der Waals surface area contributed by atoms with Gasteiger partial charge in [-0.3, -0.25) is 0 Å².